The van der Waals surface area contributed by atoms with E-state index in [-0.39, 0.29) is 5.69 Å². The first kappa shape index (κ1) is 14.8. The number of aryl methyl sites for hydroxylation is 1. The van der Waals surface area contributed by atoms with Crippen LogP contribution in [-0.2, 0) is 12.8 Å². The van der Waals surface area contributed by atoms with Gasteiger partial charge in [-0.2, -0.15) is 0 Å². The molecule has 2 heterocycles. The third kappa shape index (κ3) is 2.77. The van der Waals surface area contributed by atoms with Crippen LogP contribution >= 0.6 is 23.4 Å². The summed E-state index contributed by atoms with van der Waals surface area (Å²) >= 11 is 7.24. The lowest BCUT2D eigenvalue weighted by Crippen LogP contribution is -1.94. The number of hydrogen-bond acceptors (Lipinski definition) is 5. The standard InChI is InChI=1S/C14H11ClN4O2S/c1-18-8-17-13-11(18)4-5-16-14(13)22-7-9-2-3-10(15)6-12(9)19(20)21/h2-6,8H,7H2,1H3. The maximum atomic E-state index is 11.1. The fourth-order valence-corrected chi connectivity index (χ4v) is 3.25. The summed E-state index contributed by atoms with van der Waals surface area (Å²) in [6.07, 6.45) is 3.43. The third-order valence-electron chi connectivity index (χ3n) is 3.22. The summed E-state index contributed by atoms with van der Waals surface area (Å²) < 4.78 is 1.91. The highest BCUT2D eigenvalue weighted by Gasteiger charge is 2.16. The van der Waals surface area contributed by atoms with E-state index in [1.165, 1.54) is 17.8 Å². The van der Waals surface area contributed by atoms with Crippen molar-refractivity contribution in [3.8, 4) is 0 Å². The van der Waals surface area contributed by atoms with Crippen LogP contribution in [0.4, 0.5) is 5.69 Å². The van der Waals surface area contributed by atoms with Gasteiger partial charge in [0, 0.05) is 35.6 Å². The highest BCUT2D eigenvalue weighted by Crippen LogP contribution is 2.31. The zero-order valence-corrected chi connectivity index (χ0v) is 13.1. The number of hydrogen-bond donors (Lipinski definition) is 0. The lowest BCUT2D eigenvalue weighted by atomic mass is 10.2. The molecule has 2 aromatic heterocycles. The smallest absolute Gasteiger partial charge is 0.274 e. The molecule has 0 aliphatic carbocycles. The number of rotatable bonds is 4. The molecular formula is C14H11ClN4O2S. The Kier molecular flexibility index (Phi) is 4.00. The molecule has 1 aromatic carbocycles. The Balaban J connectivity index is 1.90. The summed E-state index contributed by atoms with van der Waals surface area (Å²) in [5.41, 5.74) is 2.40. The second-order valence-electron chi connectivity index (χ2n) is 4.66. The molecule has 0 atom stereocenters. The van der Waals surface area contributed by atoms with Crippen LogP contribution in [0, 0.1) is 10.1 Å². The van der Waals surface area contributed by atoms with Crippen molar-refractivity contribution in [1.82, 2.24) is 14.5 Å². The molecule has 0 aliphatic heterocycles. The normalized spacial score (nSPS) is 11.0. The van der Waals surface area contributed by atoms with Crippen LogP contribution in [0.25, 0.3) is 11.0 Å². The van der Waals surface area contributed by atoms with Gasteiger partial charge in [-0.3, -0.25) is 10.1 Å². The minimum atomic E-state index is -0.420. The van der Waals surface area contributed by atoms with Crippen LogP contribution in [-0.4, -0.2) is 19.5 Å². The molecule has 0 saturated carbocycles. The van der Waals surface area contributed by atoms with E-state index in [0.29, 0.717) is 16.3 Å². The number of aromatic nitrogens is 3. The number of benzene rings is 1. The van der Waals surface area contributed by atoms with E-state index >= 15 is 0 Å². The number of nitro benzene ring substituents is 1. The van der Waals surface area contributed by atoms with Crippen molar-refractivity contribution in [2.45, 2.75) is 10.8 Å². The maximum absolute atomic E-state index is 11.1. The van der Waals surface area contributed by atoms with E-state index < -0.39 is 4.92 Å². The Labute approximate surface area is 135 Å². The van der Waals surface area contributed by atoms with E-state index in [0.717, 1.165) is 16.1 Å². The summed E-state index contributed by atoms with van der Waals surface area (Å²) in [4.78, 5) is 19.3. The fourth-order valence-electron chi connectivity index (χ4n) is 2.12. The highest BCUT2D eigenvalue weighted by molar-refractivity contribution is 7.98. The van der Waals surface area contributed by atoms with E-state index in [4.69, 9.17) is 11.6 Å². The lowest BCUT2D eigenvalue weighted by Gasteiger charge is -2.04. The molecule has 0 radical (unpaired) electrons. The molecule has 0 saturated heterocycles. The molecule has 0 fully saturated rings. The van der Waals surface area contributed by atoms with Crippen molar-refractivity contribution in [1.29, 1.82) is 0 Å². The van der Waals surface area contributed by atoms with Gasteiger partial charge in [-0.1, -0.05) is 23.4 Å². The van der Waals surface area contributed by atoms with Gasteiger partial charge < -0.3 is 4.57 Å². The Morgan fingerprint density at radius 2 is 2.18 bits per heavy atom. The van der Waals surface area contributed by atoms with Crippen molar-refractivity contribution in [3.63, 3.8) is 0 Å². The highest BCUT2D eigenvalue weighted by atomic mass is 35.5. The van der Waals surface area contributed by atoms with Crippen molar-refractivity contribution in [2.75, 3.05) is 0 Å². The van der Waals surface area contributed by atoms with Crippen molar-refractivity contribution < 1.29 is 4.92 Å². The van der Waals surface area contributed by atoms with Crippen molar-refractivity contribution >= 4 is 40.1 Å². The van der Waals surface area contributed by atoms with Gasteiger partial charge in [0.05, 0.1) is 16.8 Å². The SMILES string of the molecule is Cn1cnc2c(SCc3ccc(Cl)cc3[N+](=O)[O-])nccc21. The topological polar surface area (TPSA) is 73.8 Å². The van der Waals surface area contributed by atoms with Crippen LogP contribution in [0.5, 0.6) is 0 Å². The number of nitrogens with zero attached hydrogens (tertiary/aromatic N) is 4. The van der Waals surface area contributed by atoms with Gasteiger partial charge in [-0.25, -0.2) is 9.97 Å². The van der Waals surface area contributed by atoms with Gasteiger partial charge in [-0.05, 0) is 18.2 Å². The van der Waals surface area contributed by atoms with Gasteiger partial charge >= 0.3 is 0 Å². The van der Waals surface area contributed by atoms with Crippen molar-refractivity contribution in [3.05, 3.63) is 57.5 Å². The Bertz CT molecular complexity index is 865. The van der Waals surface area contributed by atoms with Crippen LogP contribution in [0.2, 0.25) is 5.02 Å². The molecule has 0 bridgehead atoms. The number of fused-ring (bicyclic) bond motifs is 1. The zero-order chi connectivity index (χ0) is 15.7. The summed E-state index contributed by atoms with van der Waals surface area (Å²) in [6.45, 7) is 0. The predicted octanol–water partition coefficient (Wildman–Crippen LogP) is 3.82. The monoisotopic (exact) mass is 334 g/mol. The average Bonchev–Trinajstić information content (AvgIpc) is 2.88. The Hall–Kier alpha value is -2.12. The molecule has 0 unspecified atom stereocenters. The first-order valence-corrected chi connectivity index (χ1v) is 7.74. The minimum absolute atomic E-state index is 0.0215. The molecule has 3 rings (SSSR count). The van der Waals surface area contributed by atoms with Gasteiger partial charge in [0.25, 0.3) is 5.69 Å². The van der Waals surface area contributed by atoms with Crippen LogP contribution in [0.1, 0.15) is 5.56 Å². The molecular weight excluding hydrogens is 324 g/mol. The van der Waals surface area contributed by atoms with Gasteiger partial charge in [0.2, 0.25) is 0 Å². The predicted molar refractivity (Wildman–Crippen MR) is 86.2 cm³/mol. The molecule has 0 aliphatic rings. The average molecular weight is 335 g/mol. The quantitative estimate of drug-likeness (QED) is 0.412. The molecule has 0 N–H and O–H groups in total. The largest absolute Gasteiger partial charge is 0.334 e. The molecule has 8 heteroatoms. The summed E-state index contributed by atoms with van der Waals surface area (Å²) in [6, 6.07) is 6.58. The van der Waals surface area contributed by atoms with Gasteiger partial charge in [-0.15, -0.1) is 0 Å². The molecule has 6 nitrogen and oxygen atoms in total. The number of imidazole rings is 1. The molecule has 112 valence electrons. The first-order chi connectivity index (χ1) is 10.6. The molecule has 22 heavy (non-hydrogen) atoms. The minimum Gasteiger partial charge on any atom is -0.334 e. The van der Waals surface area contributed by atoms with Crippen molar-refractivity contribution in [2.24, 2.45) is 7.05 Å². The van der Waals surface area contributed by atoms with E-state index in [1.54, 1.807) is 24.7 Å². The number of pyridine rings is 1. The van der Waals surface area contributed by atoms with Crippen LogP contribution < -0.4 is 0 Å². The Morgan fingerprint density at radius 1 is 1.36 bits per heavy atom. The van der Waals surface area contributed by atoms with Crippen LogP contribution in [0.15, 0.2) is 41.8 Å². The second-order valence-corrected chi connectivity index (χ2v) is 6.06. The fraction of sp³-hybridized carbons (Fsp3) is 0.143. The summed E-state index contributed by atoms with van der Waals surface area (Å²) in [7, 11) is 1.91. The van der Waals surface area contributed by atoms with E-state index in [9.17, 15) is 10.1 Å². The number of nitro groups is 1. The van der Waals surface area contributed by atoms with Crippen LogP contribution in [0.3, 0.4) is 0 Å². The zero-order valence-electron chi connectivity index (χ0n) is 11.6. The molecule has 3 aromatic rings. The first-order valence-electron chi connectivity index (χ1n) is 6.38. The number of halogens is 1. The Morgan fingerprint density at radius 3 is 2.95 bits per heavy atom. The second kappa shape index (κ2) is 5.94. The summed E-state index contributed by atoms with van der Waals surface area (Å²) in [5, 5.41) is 12.2. The van der Waals surface area contributed by atoms with Gasteiger partial charge in [0.1, 0.15) is 10.5 Å². The third-order valence-corrected chi connectivity index (χ3v) is 4.48. The summed E-state index contributed by atoms with van der Waals surface area (Å²) in [5.74, 6) is 0.427. The molecule has 0 spiro atoms. The van der Waals surface area contributed by atoms with Gasteiger partial charge in [0.15, 0.2) is 0 Å². The van der Waals surface area contributed by atoms with E-state index in [1.807, 2.05) is 17.7 Å². The van der Waals surface area contributed by atoms with E-state index in [2.05, 4.69) is 9.97 Å². The number of thioether (sulfide) groups is 1. The maximum Gasteiger partial charge on any atom is 0.274 e. The molecule has 0 amide bonds. The lowest BCUT2D eigenvalue weighted by molar-refractivity contribution is -0.385.